The molecule has 2 unspecified atom stereocenters. The van der Waals surface area contributed by atoms with Gasteiger partial charge in [0.05, 0.1) is 0 Å². The molecule has 0 radical (unpaired) electrons. The van der Waals surface area contributed by atoms with Crippen LogP contribution in [-0.4, -0.2) is 53.4 Å². The Kier molecular flexibility index (Phi) is 10.8. The summed E-state index contributed by atoms with van der Waals surface area (Å²) in [5.74, 6) is -2.27. The third-order valence-corrected chi connectivity index (χ3v) is 6.04. The number of carboxylic acids is 1. The molecule has 0 aliphatic heterocycles. The first-order valence-corrected chi connectivity index (χ1v) is 11.9. The Morgan fingerprint density at radius 2 is 1.76 bits per heavy atom. The lowest BCUT2D eigenvalue weighted by molar-refractivity contribution is -0.174. The van der Waals surface area contributed by atoms with E-state index in [2.05, 4.69) is 5.32 Å². The molecule has 188 valence electrons. The second kappa shape index (κ2) is 13.6. The molecule has 1 fully saturated rings. The van der Waals surface area contributed by atoms with Gasteiger partial charge in [0.1, 0.15) is 6.04 Å². The van der Waals surface area contributed by atoms with Crippen LogP contribution in [-0.2, 0) is 25.5 Å². The van der Waals surface area contributed by atoms with Gasteiger partial charge in [-0.2, -0.15) is 0 Å². The standard InChI is InChI=1S/C25H37N3O6/c1-17(2)23(33-20(29)16-10-13-18-11-6-4-7-12-18)34-25(32)27-24(26)28(3)21(22(30)31)19-14-8-5-9-15-19/h4,6-7,11-12,17,19,21,23H,5,8-10,13-16H2,1-3H3,(H,30,31)(H2,26,27,32). The molecule has 2 atom stereocenters. The van der Waals surface area contributed by atoms with Gasteiger partial charge in [0.15, 0.2) is 0 Å². The Bertz CT molecular complexity index is 823. The van der Waals surface area contributed by atoms with Crippen LogP contribution in [0.15, 0.2) is 30.3 Å². The van der Waals surface area contributed by atoms with Crippen LogP contribution >= 0.6 is 0 Å². The molecule has 1 aliphatic carbocycles. The van der Waals surface area contributed by atoms with E-state index in [9.17, 15) is 19.5 Å². The molecule has 0 aromatic heterocycles. The number of benzene rings is 1. The minimum Gasteiger partial charge on any atom is -0.480 e. The highest BCUT2D eigenvalue weighted by molar-refractivity contribution is 5.94. The Hall–Kier alpha value is -3.10. The zero-order valence-corrected chi connectivity index (χ0v) is 20.3. The van der Waals surface area contributed by atoms with Gasteiger partial charge < -0.3 is 19.5 Å². The van der Waals surface area contributed by atoms with Gasteiger partial charge in [-0.05, 0) is 37.2 Å². The van der Waals surface area contributed by atoms with Crippen LogP contribution in [0.4, 0.5) is 4.79 Å². The first-order chi connectivity index (χ1) is 16.2. The van der Waals surface area contributed by atoms with Crippen molar-refractivity contribution >= 4 is 24.0 Å². The third-order valence-electron chi connectivity index (χ3n) is 6.04. The van der Waals surface area contributed by atoms with Crippen LogP contribution in [0.5, 0.6) is 0 Å². The van der Waals surface area contributed by atoms with E-state index in [0.29, 0.717) is 6.42 Å². The maximum atomic E-state index is 12.4. The second-order valence-corrected chi connectivity index (χ2v) is 9.11. The fourth-order valence-corrected chi connectivity index (χ4v) is 4.16. The number of ether oxygens (including phenoxy) is 2. The van der Waals surface area contributed by atoms with Crippen LogP contribution in [0.25, 0.3) is 0 Å². The normalized spacial score (nSPS) is 15.8. The van der Waals surface area contributed by atoms with Crippen molar-refractivity contribution in [3.8, 4) is 0 Å². The maximum Gasteiger partial charge on any atom is 0.417 e. The van der Waals surface area contributed by atoms with Gasteiger partial charge in [0.2, 0.25) is 5.96 Å². The lowest BCUT2D eigenvalue weighted by atomic mass is 9.83. The van der Waals surface area contributed by atoms with Gasteiger partial charge in [0, 0.05) is 19.4 Å². The number of aliphatic carboxylic acids is 1. The van der Waals surface area contributed by atoms with E-state index in [-0.39, 0.29) is 24.2 Å². The Balaban J connectivity index is 1.84. The van der Waals surface area contributed by atoms with E-state index in [4.69, 9.17) is 14.9 Å². The zero-order chi connectivity index (χ0) is 25.1. The molecular weight excluding hydrogens is 438 g/mol. The van der Waals surface area contributed by atoms with Crippen molar-refractivity contribution in [3.63, 3.8) is 0 Å². The predicted molar refractivity (Wildman–Crippen MR) is 127 cm³/mol. The van der Waals surface area contributed by atoms with Crippen molar-refractivity contribution < 1.29 is 29.0 Å². The SMILES string of the molecule is CC(C)C(OC(=O)CCCc1ccccc1)OC(=O)NC(=N)N(C)C(C(=O)O)C1CCCCC1. The van der Waals surface area contributed by atoms with E-state index in [1.807, 2.05) is 30.3 Å². The molecule has 1 aliphatic rings. The smallest absolute Gasteiger partial charge is 0.417 e. The molecule has 0 heterocycles. The molecule has 9 nitrogen and oxygen atoms in total. The number of carbonyl (C=O) groups excluding carboxylic acids is 2. The topological polar surface area (TPSA) is 129 Å². The molecule has 1 amide bonds. The number of nitrogens with one attached hydrogen (secondary N) is 2. The van der Waals surface area contributed by atoms with E-state index >= 15 is 0 Å². The first kappa shape index (κ1) is 27.1. The fourth-order valence-electron chi connectivity index (χ4n) is 4.16. The van der Waals surface area contributed by atoms with Crippen molar-refractivity contribution in [2.45, 2.75) is 77.5 Å². The average molecular weight is 476 g/mol. The Morgan fingerprint density at radius 3 is 2.35 bits per heavy atom. The van der Waals surface area contributed by atoms with Crippen LogP contribution in [0, 0.1) is 17.2 Å². The summed E-state index contributed by atoms with van der Waals surface area (Å²) in [7, 11) is 1.47. The monoisotopic (exact) mass is 475 g/mol. The summed E-state index contributed by atoms with van der Waals surface area (Å²) in [4.78, 5) is 37.7. The van der Waals surface area contributed by atoms with Gasteiger partial charge in [-0.15, -0.1) is 0 Å². The average Bonchev–Trinajstić information content (AvgIpc) is 2.79. The van der Waals surface area contributed by atoms with E-state index < -0.39 is 30.4 Å². The van der Waals surface area contributed by atoms with Crippen LogP contribution in [0.2, 0.25) is 0 Å². The number of guanidine groups is 1. The maximum absolute atomic E-state index is 12.4. The number of carboxylic acid groups (broad SMARTS) is 1. The van der Waals surface area contributed by atoms with E-state index in [1.54, 1.807) is 13.8 Å². The van der Waals surface area contributed by atoms with E-state index in [1.165, 1.54) is 11.9 Å². The number of amides is 1. The molecule has 3 N–H and O–H groups in total. The molecule has 9 heteroatoms. The lowest BCUT2D eigenvalue weighted by Gasteiger charge is -2.34. The molecule has 1 aromatic rings. The Labute approximate surface area is 201 Å². The summed E-state index contributed by atoms with van der Waals surface area (Å²) in [5, 5.41) is 20.1. The molecule has 0 spiro atoms. The van der Waals surface area contributed by atoms with Gasteiger partial charge in [-0.25, -0.2) is 9.59 Å². The van der Waals surface area contributed by atoms with Crippen molar-refractivity contribution in [1.29, 1.82) is 5.41 Å². The fraction of sp³-hybridized carbons (Fsp3) is 0.600. The molecule has 34 heavy (non-hydrogen) atoms. The summed E-state index contributed by atoms with van der Waals surface area (Å²) < 4.78 is 10.6. The highest BCUT2D eigenvalue weighted by Crippen LogP contribution is 2.29. The number of hydrogen-bond donors (Lipinski definition) is 3. The minimum atomic E-state index is -1.11. The molecule has 1 aromatic carbocycles. The summed E-state index contributed by atoms with van der Waals surface area (Å²) in [5.41, 5.74) is 1.13. The van der Waals surface area contributed by atoms with Gasteiger partial charge in [0.25, 0.3) is 6.29 Å². The number of hydrogen-bond acceptors (Lipinski definition) is 6. The number of aryl methyl sites for hydroxylation is 1. The van der Waals surface area contributed by atoms with Crippen molar-refractivity contribution in [2.75, 3.05) is 7.05 Å². The van der Waals surface area contributed by atoms with Crippen LogP contribution in [0.3, 0.4) is 0 Å². The number of esters is 1. The highest BCUT2D eigenvalue weighted by atomic mass is 16.7. The number of alkyl carbamates (subject to hydrolysis) is 1. The minimum absolute atomic E-state index is 0.0883. The van der Waals surface area contributed by atoms with E-state index in [0.717, 1.165) is 44.1 Å². The van der Waals surface area contributed by atoms with Crippen molar-refractivity contribution in [2.24, 2.45) is 11.8 Å². The quantitative estimate of drug-likeness (QED) is 0.200. The number of likely N-dealkylation sites (N-methyl/N-ethyl adjacent to an activating group) is 1. The van der Waals surface area contributed by atoms with Crippen molar-refractivity contribution in [3.05, 3.63) is 35.9 Å². The number of carbonyl (C=O) groups is 3. The number of rotatable bonds is 10. The molecule has 0 saturated heterocycles. The van der Waals surface area contributed by atoms with Gasteiger partial charge in [-0.3, -0.25) is 15.5 Å². The summed E-state index contributed by atoms with van der Waals surface area (Å²) >= 11 is 0. The molecule has 2 rings (SSSR count). The molecule has 0 bridgehead atoms. The molecule has 1 saturated carbocycles. The van der Waals surface area contributed by atoms with Crippen molar-refractivity contribution in [1.82, 2.24) is 10.2 Å². The lowest BCUT2D eigenvalue weighted by Crippen LogP contribution is -2.53. The summed E-state index contributed by atoms with van der Waals surface area (Å²) in [6.07, 6.45) is 3.97. The third kappa shape index (κ3) is 8.68. The Morgan fingerprint density at radius 1 is 1.12 bits per heavy atom. The first-order valence-electron chi connectivity index (χ1n) is 11.9. The van der Waals surface area contributed by atoms with Gasteiger partial charge in [-0.1, -0.05) is 63.4 Å². The predicted octanol–water partition coefficient (Wildman–Crippen LogP) is 4.16. The summed E-state index contributed by atoms with van der Waals surface area (Å²) in [6.45, 7) is 3.49. The summed E-state index contributed by atoms with van der Waals surface area (Å²) in [6, 6.07) is 8.89. The zero-order valence-electron chi connectivity index (χ0n) is 20.3. The van der Waals surface area contributed by atoms with Crippen LogP contribution in [0.1, 0.15) is 64.4 Å². The van der Waals surface area contributed by atoms with Gasteiger partial charge >= 0.3 is 18.0 Å². The second-order valence-electron chi connectivity index (χ2n) is 9.11. The highest BCUT2D eigenvalue weighted by Gasteiger charge is 2.34. The molecular formula is C25H37N3O6. The largest absolute Gasteiger partial charge is 0.480 e. The van der Waals surface area contributed by atoms with Crippen LogP contribution < -0.4 is 5.32 Å². The number of nitrogens with zero attached hydrogens (tertiary/aromatic N) is 1.